The summed E-state index contributed by atoms with van der Waals surface area (Å²) in [6, 6.07) is 10.7. The smallest absolute Gasteiger partial charge is 0.209 e. The van der Waals surface area contributed by atoms with Gasteiger partial charge in [-0.3, -0.25) is 4.79 Å². The van der Waals surface area contributed by atoms with E-state index in [0.717, 1.165) is 0 Å². The van der Waals surface area contributed by atoms with Gasteiger partial charge in [0.2, 0.25) is 16.9 Å². The van der Waals surface area contributed by atoms with Crippen molar-refractivity contribution in [3.8, 4) is 34.5 Å². The van der Waals surface area contributed by atoms with E-state index in [4.69, 9.17) is 23.4 Å². The van der Waals surface area contributed by atoms with Gasteiger partial charge in [-0.15, -0.1) is 0 Å². The van der Waals surface area contributed by atoms with Gasteiger partial charge in [0.05, 0.1) is 26.2 Å². The van der Waals surface area contributed by atoms with Crippen LogP contribution in [0.5, 0.6) is 34.5 Å². The maximum atomic E-state index is 13.1. The van der Waals surface area contributed by atoms with E-state index in [1.807, 2.05) is 0 Å². The molecule has 9 heteroatoms. The van der Waals surface area contributed by atoms with Crippen LogP contribution in [0.3, 0.4) is 0 Å². The number of fused-ring (bicyclic) bond motifs is 4. The number of phenolic OH excluding ortho intramolecular Hbond substituents is 2. The summed E-state index contributed by atoms with van der Waals surface area (Å²) in [6.45, 7) is -0.422. The summed E-state index contributed by atoms with van der Waals surface area (Å²) >= 11 is 0. The topological polar surface area (TPSA) is 128 Å². The van der Waals surface area contributed by atoms with Crippen molar-refractivity contribution < 1.29 is 38.7 Å². The zero-order valence-corrected chi connectivity index (χ0v) is 17.7. The number of aliphatic hydroxyl groups excluding tert-OH is 1. The molecule has 0 fully saturated rings. The first-order chi connectivity index (χ1) is 16.0. The van der Waals surface area contributed by atoms with Gasteiger partial charge in [-0.2, -0.15) is 0 Å². The molecular weight excluding hydrogens is 432 g/mol. The Hall–Kier alpha value is -4.11. The predicted octanol–water partition coefficient (Wildman–Crippen LogP) is 3.25. The van der Waals surface area contributed by atoms with Gasteiger partial charge in [-0.25, -0.2) is 0 Å². The van der Waals surface area contributed by atoms with E-state index in [0.29, 0.717) is 5.56 Å². The third-order valence-electron chi connectivity index (χ3n) is 5.63. The summed E-state index contributed by atoms with van der Waals surface area (Å²) in [5.41, 5.74) is 0.344. The van der Waals surface area contributed by atoms with Crippen LogP contribution >= 0.6 is 0 Å². The molecule has 3 aromatic carbocycles. The fourth-order valence-electron chi connectivity index (χ4n) is 4.03. The van der Waals surface area contributed by atoms with Crippen LogP contribution in [-0.4, -0.2) is 42.3 Å². The number of ether oxygens (including phenoxy) is 4. The van der Waals surface area contributed by atoms with Crippen LogP contribution in [0.15, 0.2) is 51.7 Å². The Balaban J connectivity index is 1.73. The first-order valence-electron chi connectivity index (χ1n) is 10.1. The van der Waals surface area contributed by atoms with Crippen LogP contribution < -0.4 is 24.4 Å². The summed E-state index contributed by atoms with van der Waals surface area (Å²) in [4.78, 5) is 13.1. The van der Waals surface area contributed by atoms with Gasteiger partial charge in [-0.05, 0) is 30.3 Å². The van der Waals surface area contributed by atoms with E-state index in [2.05, 4.69) is 0 Å². The summed E-state index contributed by atoms with van der Waals surface area (Å²) in [5.74, 6) is 0.474. The molecule has 1 aliphatic rings. The van der Waals surface area contributed by atoms with Crippen molar-refractivity contribution in [1.29, 1.82) is 0 Å². The van der Waals surface area contributed by atoms with Crippen LogP contribution in [0.4, 0.5) is 0 Å². The minimum atomic E-state index is -0.884. The molecule has 0 amide bonds. The number of benzene rings is 3. The molecule has 9 nitrogen and oxygen atoms in total. The second-order valence-corrected chi connectivity index (χ2v) is 7.50. The summed E-state index contributed by atoms with van der Waals surface area (Å²) in [6.07, 6.45) is -1.69. The number of rotatable bonds is 4. The van der Waals surface area contributed by atoms with Gasteiger partial charge < -0.3 is 38.7 Å². The third-order valence-corrected chi connectivity index (χ3v) is 5.63. The summed E-state index contributed by atoms with van der Waals surface area (Å²) in [7, 11) is 2.85. The lowest BCUT2D eigenvalue weighted by Crippen LogP contribution is -2.36. The molecule has 0 radical (unpaired) electrons. The molecule has 4 aromatic rings. The Labute approximate surface area is 186 Å². The van der Waals surface area contributed by atoms with Crippen LogP contribution in [-0.2, 0) is 0 Å². The highest BCUT2D eigenvalue weighted by Gasteiger charge is 2.37. The first kappa shape index (κ1) is 20.8. The Morgan fingerprint density at radius 3 is 2.42 bits per heavy atom. The van der Waals surface area contributed by atoms with E-state index in [1.165, 1.54) is 32.4 Å². The lowest BCUT2D eigenvalue weighted by atomic mass is 10.0. The number of hydrogen-bond donors (Lipinski definition) is 3. The highest BCUT2D eigenvalue weighted by Crippen LogP contribution is 2.50. The third kappa shape index (κ3) is 3.16. The standard InChI is InChI=1S/C24H20O9/c1-29-15-7-6-11(8-14(15)27)21-18(10-25)32-24-22-12(9-17(30-2)23(24)33-21)20(28)19-13(26)4-3-5-16(19)31-22/h3-9,18,21,25-27H,10H2,1-2H3. The second kappa shape index (κ2) is 7.79. The zero-order valence-electron chi connectivity index (χ0n) is 17.7. The van der Waals surface area contributed by atoms with E-state index in [-0.39, 0.29) is 56.4 Å². The largest absolute Gasteiger partial charge is 0.507 e. The maximum absolute atomic E-state index is 13.1. The molecule has 1 aliphatic heterocycles. The summed E-state index contributed by atoms with van der Waals surface area (Å²) in [5, 5.41) is 30.6. The Bertz CT molecular complexity index is 1440. The summed E-state index contributed by atoms with van der Waals surface area (Å²) < 4.78 is 28.7. The molecule has 0 aliphatic carbocycles. The Kier molecular flexibility index (Phi) is 4.90. The molecule has 0 bridgehead atoms. The highest BCUT2D eigenvalue weighted by atomic mass is 16.6. The predicted molar refractivity (Wildman–Crippen MR) is 118 cm³/mol. The average Bonchev–Trinajstić information content (AvgIpc) is 2.83. The molecular formula is C24H20O9. The minimum absolute atomic E-state index is 0.0361. The van der Waals surface area contributed by atoms with Gasteiger partial charge in [0, 0.05) is 5.56 Å². The molecule has 0 saturated heterocycles. The SMILES string of the molecule is COc1ccc(C2Oc3c(OC)cc4c(=O)c5c(O)cccc5oc4c3OC2CO)cc1O. The van der Waals surface area contributed by atoms with Crippen molar-refractivity contribution in [3.05, 3.63) is 58.3 Å². The van der Waals surface area contributed by atoms with E-state index >= 15 is 0 Å². The fraction of sp³-hybridized carbons (Fsp3) is 0.208. The van der Waals surface area contributed by atoms with Gasteiger partial charge in [0.25, 0.3) is 0 Å². The molecule has 0 saturated carbocycles. The van der Waals surface area contributed by atoms with Crippen molar-refractivity contribution >= 4 is 21.9 Å². The molecule has 3 N–H and O–H groups in total. The number of aromatic hydroxyl groups is 2. The maximum Gasteiger partial charge on any atom is 0.209 e. The first-order valence-corrected chi connectivity index (χ1v) is 10.1. The molecule has 2 unspecified atom stereocenters. The number of aliphatic hydroxyl groups is 1. The quantitative estimate of drug-likeness (QED) is 0.400. The van der Waals surface area contributed by atoms with Gasteiger partial charge in [0.1, 0.15) is 16.7 Å². The zero-order chi connectivity index (χ0) is 23.3. The molecule has 170 valence electrons. The van der Waals surface area contributed by atoms with Gasteiger partial charge in [-0.1, -0.05) is 12.1 Å². The lowest BCUT2D eigenvalue weighted by Gasteiger charge is -2.34. The van der Waals surface area contributed by atoms with Crippen LogP contribution in [0.1, 0.15) is 11.7 Å². The van der Waals surface area contributed by atoms with E-state index in [1.54, 1.807) is 24.3 Å². The van der Waals surface area contributed by atoms with Crippen molar-refractivity contribution in [3.63, 3.8) is 0 Å². The highest BCUT2D eigenvalue weighted by molar-refractivity contribution is 5.97. The van der Waals surface area contributed by atoms with Crippen LogP contribution in [0.2, 0.25) is 0 Å². The molecule has 2 atom stereocenters. The van der Waals surface area contributed by atoms with Crippen LogP contribution in [0, 0.1) is 0 Å². The van der Waals surface area contributed by atoms with Crippen molar-refractivity contribution in [2.45, 2.75) is 12.2 Å². The van der Waals surface area contributed by atoms with Gasteiger partial charge in [0.15, 0.2) is 35.0 Å². The molecule has 5 rings (SSSR count). The lowest BCUT2D eigenvalue weighted by molar-refractivity contribution is -0.0134. The number of phenols is 2. The van der Waals surface area contributed by atoms with Gasteiger partial charge >= 0.3 is 0 Å². The van der Waals surface area contributed by atoms with Crippen molar-refractivity contribution in [2.75, 3.05) is 20.8 Å². The normalized spacial score (nSPS) is 17.3. The Morgan fingerprint density at radius 1 is 0.939 bits per heavy atom. The molecule has 0 spiro atoms. The molecule has 1 aromatic heterocycles. The number of methoxy groups -OCH3 is 2. The van der Waals surface area contributed by atoms with Crippen molar-refractivity contribution in [2.24, 2.45) is 0 Å². The van der Waals surface area contributed by atoms with Crippen molar-refractivity contribution in [1.82, 2.24) is 0 Å². The van der Waals surface area contributed by atoms with E-state index in [9.17, 15) is 20.1 Å². The second-order valence-electron chi connectivity index (χ2n) is 7.50. The average molecular weight is 452 g/mol. The monoisotopic (exact) mass is 452 g/mol. The number of hydrogen-bond acceptors (Lipinski definition) is 9. The van der Waals surface area contributed by atoms with Crippen LogP contribution in [0.25, 0.3) is 21.9 Å². The molecule has 33 heavy (non-hydrogen) atoms. The Morgan fingerprint density at radius 2 is 1.73 bits per heavy atom. The van der Waals surface area contributed by atoms with E-state index < -0.39 is 24.2 Å². The fourth-order valence-corrected chi connectivity index (χ4v) is 4.03. The molecule has 2 heterocycles. The minimum Gasteiger partial charge on any atom is -0.507 e.